The Morgan fingerprint density at radius 3 is 2.79 bits per heavy atom. The average molecular weight is 350 g/mol. The van der Waals surface area contributed by atoms with Gasteiger partial charge in [0.2, 0.25) is 5.91 Å². The van der Waals surface area contributed by atoms with Crippen LogP contribution in [-0.2, 0) is 14.3 Å². The van der Waals surface area contributed by atoms with E-state index in [1.807, 2.05) is 26.0 Å². The first-order chi connectivity index (χ1) is 11.4. The zero-order chi connectivity index (χ0) is 17.7. The quantitative estimate of drug-likeness (QED) is 0.655. The number of halogens is 1. The second kappa shape index (κ2) is 8.02. The molecule has 0 saturated carbocycles. The van der Waals surface area contributed by atoms with Crippen molar-refractivity contribution >= 4 is 29.6 Å². The molecular formula is C18H20ClNO4. The van der Waals surface area contributed by atoms with Gasteiger partial charge in [0.1, 0.15) is 18.4 Å². The summed E-state index contributed by atoms with van der Waals surface area (Å²) in [6, 6.07) is 4.70. The minimum Gasteiger partial charge on any atom is -0.488 e. The fourth-order valence-corrected chi connectivity index (χ4v) is 2.45. The number of nitrogens with one attached hydrogen (secondary N) is 1. The molecule has 0 saturated heterocycles. The second-order valence-corrected chi connectivity index (χ2v) is 6.21. The molecule has 5 nitrogen and oxygen atoms in total. The van der Waals surface area contributed by atoms with Crippen LogP contribution in [-0.4, -0.2) is 31.6 Å². The molecule has 24 heavy (non-hydrogen) atoms. The highest BCUT2D eigenvalue weighted by Gasteiger charge is 2.24. The maximum Gasteiger partial charge on any atom is 0.328 e. The van der Waals surface area contributed by atoms with Crippen LogP contribution in [0.25, 0.3) is 6.08 Å². The summed E-state index contributed by atoms with van der Waals surface area (Å²) in [6.45, 7) is 4.04. The van der Waals surface area contributed by atoms with E-state index in [0.717, 1.165) is 16.9 Å². The lowest BCUT2D eigenvalue weighted by molar-refractivity contribution is -0.145. The van der Waals surface area contributed by atoms with E-state index >= 15 is 0 Å². The summed E-state index contributed by atoms with van der Waals surface area (Å²) in [5, 5.41) is 3.27. The number of ether oxygens (including phenoxy) is 2. The van der Waals surface area contributed by atoms with Crippen molar-refractivity contribution in [3.05, 3.63) is 46.5 Å². The molecular weight excluding hydrogens is 330 g/mol. The molecule has 1 aliphatic heterocycles. The second-order valence-electron chi connectivity index (χ2n) is 5.78. The summed E-state index contributed by atoms with van der Waals surface area (Å²) in [5.74, 6) is -0.139. The lowest BCUT2D eigenvalue weighted by Crippen LogP contribution is -2.44. The number of esters is 1. The van der Waals surface area contributed by atoms with Crippen molar-refractivity contribution in [1.29, 1.82) is 0 Å². The SMILES string of the molecule is COC(=O)[C@@H](NC(=O)C=CC1=Cc2cc(Cl)ccc2OC1)C(C)C. The van der Waals surface area contributed by atoms with Gasteiger partial charge in [0.25, 0.3) is 0 Å². The van der Waals surface area contributed by atoms with Crippen molar-refractivity contribution in [3.8, 4) is 5.75 Å². The van der Waals surface area contributed by atoms with Crippen molar-refractivity contribution in [2.45, 2.75) is 19.9 Å². The molecule has 1 N–H and O–H groups in total. The Kier molecular flexibility index (Phi) is 6.04. The van der Waals surface area contributed by atoms with Crippen LogP contribution < -0.4 is 10.1 Å². The number of rotatable bonds is 5. The van der Waals surface area contributed by atoms with Gasteiger partial charge >= 0.3 is 5.97 Å². The Bertz CT molecular complexity index is 694. The van der Waals surface area contributed by atoms with Crippen LogP contribution >= 0.6 is 11.6 Å². The molecule has 1 heterocycles. The van der Waals surface area contributed by atoms with E-state index in [0.29, 0.717) is 11.6 Å². The first-order valence-corrected chi connectivity index (χ1v) is 7.98. The van der Waals surface area contributed by atoms with E-state index in [1.165, 1.54) is 13.2 Å². The van der Waals surface area contributed by atoms with Crippen LogP contribution in [0, 0.1) is 5.92 Å². The van der Waals surface area contributed by atoms with E-state index in [4.69, 9.17) is 21.1 Å². The Labute approximate surface area is 146 Å². The molecule has 0 fully saturated rings. The van der Waals surface area contributed by atoms with Gasteiger partial charge in [-0.1, -0.05) is 31.5 Å². The summed E-state index contributed by atoms with van der Waals surface area (Å²) < 4.78 is 10.3. The number of hydrogen-bond donors (Lipinski definition) is 1. The maximum absolute atomic E-state index is 12.0. The number of hydrogen-bond acceptors (Lipinski definition) is 4. The van der Waals surface area contributed by atoms with Crippen molar-refractivity contribution in [2.75, 3.05) is 13.7 Å². The first-order valence-electron chi connectivity index (χ1n) is 7.60. The number of amides is 1. The van der Waals surface area contributed by atoms with Crippen LogP contribution in [0.1, 0.15) is 19.4 Å². The van der Waals surface area contributed by atoms with E-state index in [-0.39, 0.29) is 11.8 Å². The molecule has 0 radical (unpaired) electrons. The van der Waals surface area contributed by atoms with Crippen molar-refractivity contribution in [2.24, 2.45) is 5.92 Å². The summed E-state index contributed by atoms with van der Waals surface area (Å²) in [5.41, 5.74) is 1.70. The molecule has 1 aromatic carbocycles. The van der Waals surface area contributed by atoms with Crippen molar-refractivity contribution in [3.63, 3.8) is 0 Å². The molecule has 0 bridgehead atoms. The van der Waals surface area contributed by atoms with Crippen molar-refractivity contribution in [1.82, 2.24) is 5.32 Å². The van der Waals surface area contributed by atoms with Gasteiger partial charge in [0, 0.05) is 16.7 Å². The Balaban J connectivity index is 2.05. The monoisotopic (exact) mass is 349 g/mol. The maximum atomic E-state index is 12.0. The molecule has 1 aromatic rings. The Morgan fingerprint density at radius 1 is 1.38 bits per heavy atom. The molecule has 0 unspecified atom stereocenters. The highest BCUT2D eigenvalue weighted by molar-refractivity contribution is 6.30. The molecule has 0 aliphatic carbocycles. The van der Waals surface area contributed by atoms with Gasteiger partial charge < -0.3 is 14.8 Å². The standard InChI is InChI=1S/C18H20ClNO4/c1-11(2)17(18(22)23-3)20-16(21)7-4-12-8-13-9-14(19)5-6-15(13)24-10-12/h4-9,11,17H,10H2,1-3H3,(H,20,21)/t17-/m0/s1. The molecule has 1 amide bonds. The topological polar surface area (TPSA) is 64.6 Å². The lowest BCUT2D eigenvalue weighted by Gasteiger charge is -2.19. The van der Waals surface area contributed by atoms with Gasteiger partial charge in [-0.25, -0.2) is 4.79 Å². The van der Waals surface area contributed by atoms with Gasteiger partial charge in [0.05, 0.1) is 7.11 Å². The summed E-state index contributed by atoms with van der Waals surface area (Å²) in [6.07, 6.45) is 4.95. The first kappa shape index (κ1) is 18.1. The third kappa shape index (κ3) is 4.61. The number of benzene rings is 1. The van der Waals surface area contributed by atoms with Gasteiger partial charge in [0.15, 0.2) is 0 Å². The zero-order valence-corrected chi connectivity index (χ0v) is 14.6. The van der Waals surface area contributed by atoms with E-state index in [1.54, 1.807) is 18.2 Å². The van der Waals surface area contributed by atoms with Gasteiger partial charge in [-0.15, -0.1) is 0 Å². The fraction of sp³-hybridized carbons (Fsp3) is 0.333. The predicted octanol–water partition coefficient (Wildman–Crippen LogP) is 2.99. The van der Waals surface area contributed by atoms with Crippen molar-refractivity contribution < 1.29 is 19.1 Å². The van der Waals surface area contributed by atoms with Crippen LogP contribution in [0.3, 0.4) is 0 Å². The van der Waals surface area contributed by atoms with Crippen LogP contribution in [0.2, 0.25) is 5.02 Å². The summed E-state index contributed by atoms with van der Waals surface area (Å²) in [7, 11) is 1.30. The predicted molar refractivity (Wildman–Crippen MR) is 92.8 cm³/mol. The van der Waals surface area contributed by atoms with Gasteiger partial charge in [-0.2, -0.15) is 0 Å². The fourth-order valence-electron chi connectivity index (χ4n) is 2.27. The lowest BCUT2D eigenvalue weighted by atomic mass is 10.0. The van der Waals surface area contributed by atoms with Gasteiger partial charge in [-0.3, -0.25) is 4.79 Å². The molecule has 0 aromatic heterocycles. The molecule has 1 atom stereocenters. The zero-order valence-electron chi connectivity index (χ0n) is 13.8. The Hall–Kier alpha value is -2.27. The number of carbonyl (C=O) groups excluding carboxylic acids is 2. The van der Waals surface area contributed by atoms with E-state index in [2.05, 4.69) is 5.32 Å². The number of methoxy groups -OCH3 is 1. The molecule has 6 heteroatoms. The highest BCUT2D eigenvalue weighted by Crippen LogP contribution is 2.29. The number of carbonyl (C=O) groups is 2. The smallest absolute Gasteiger partial charge is 0.328 e. The summed E-state index contributed by atoms with van der Waals surface area (Å²) >= 11 is 5.97. The Morgan fingerprint density at radius 2 is 2.12 bits per heavy atom. The third-order valence-corrected chi connectivity index (χ3v) is 3.81. The highest BCUT2D eigenvalue weighted by atomic mass is 35.5. The van der Waals surface area contributed by atoms with Gasteiger partial charge in [-0.05, 0) is 35.8 Å². The largest absolute Gasteiger partial charge is 0.488 e. The molecule has 1 aliphatic rings. The minimum absolute atomic E-state index is 0.0685. The summed E-state index contributed by atoms with van der Waals surface area (Å²) in [4.78, 5) is 23.7. The third-order valence-electron chi connectivity index (χ3n) is 3.58. The molecule has 0 spiro atoms. The normalized spacial score (nSPS) is 14.6. The number of fused-ring (bicyclic) bond motifs is 1. The van der Waals surface area contributed by atoms with E-state index in [9.17, 15) is 9.59 Å². The average Bonchev–Trinajstić information content (AvgIpc) is 2.56. The van der Waals surface area contributed by atoms with Crippen LogP contribution in [0.5, 0.6) is 5.75 Å². The van der Waals surface area contributed by atoms with Crippen LogP contribution in [0.4, 0.5) is 0 Å². The van der Waals surface area contributed by atoms with Crippen LogP contribution in [0.15, 0.2) is 35.9 Å². The van der Waals surface area contributed by atoms with E-state index < -0.39 is 12.0 Å². The molecule has 128 valence electrons. The molecule has 2 rings (SSSR count). The minimum atomic E-state index is -0.678.